The zero-order chi connectivity index (χ0) is 15.4. The van der Waals surface area contributed by atoms with Crippen LogP contribution in [0.4, 0.5) is 10.6 Å². The van der Waals surface area contributed by atoms with Gasteiger partial charge in [-0.2, -0.15) is 0 Å². The summed E-state index contributed by atoms with van der Waals surface area (Å²) in [6, 6.07) is 14.1. The van der Waals surface area contributed by atoms with Gasteiger partial charge < -0.3 is 5.32 Å². The van der Waals surface area contributed by atoms with Crippen molar-refractivity contribution in [2.75, 3.05) is 5.32 Å². The predicted octanol–water partition coefficient (Wildman–Crippen LogP) is 3.53. The van der Waals surface area contributed by atoms with Crippen LogP contribution in [0.5, 0.6) is 0 Å². The predicted molar refractivity (Wildman–Crippen MR) is 87.8 cm³/mol. The molecule has 0 bridgehead atoms. The monoisotopic (exact) mass is 295 g/mol. The summed E-state index contributed by atoms with van der Waals surface area (Å²) in [6.07, 6.45) is 5.01. The molecule has 1 aromatic carbocycles. The van der Waals surface area contributed by atoms with E-state index in [2.05, 4.69) is 27.8 Å². The molecule has 2 N–H and O–H groups in total. The molecule has 1 unspecified atom stereocenters. The van der Waals surface area contributed by atoms with Crippen molar-refractivity contribution < 1.29 is 4.79 Å². The molecule has 4 heteroatoms. The Kier molecular flexibility index (Phi) is 4.37. The van der Waals surface area contributed by atoms with Crippen LogP contribution in [0.3, 0.4) is 0 Å². The average molecular weight is 295 g/mol. The Morgan fingerprint density at radius 3 is 2.64 bits per heavy atom. The molecule has 22 heavy (non-hydrogen) atoms. The second-order valence-corrected chi connectivity index (χ2v) is 5.95. The maximum Gasteiger partial charge on any atom is 0.320 e. The molecule has 1 aliphatic carbocycles. The van der Waals surface area contributed by atoms with E-state index in [-0.39, 0.29) is 12.1 Å². The Hall–Kier alpha value is -2.36. The van der Waals surface area contributed by atoms with Gasteiger partial charge in [-0.05, 0) is 49.3 Å². The Morgan fingerprint density at radius 1 is 1.23 bits per heavy atom. The number of nitrogens with zero attached hydrogens (tertiary/aromatic N) is 1. The lowest BCUT2D eigenvalue weighted by Gasteiger charge is -2.18. The fourth-order valence-corrected chi connectivity index (χ4v) is 2.56. The van der Waals surface area contributed by atoms with Crippen molar-refractivity contribution >= 4 is 11.8 Å². The zero-order valence-electron chi connectivity index (χ0n) is 12.8. The molecule has 1 heterocycles. The third-order valence-corrected chi connectivity index (χ3v) is 3.96. The number of aryl methyl sites for hydroxylation is 1. The van der Waals surface area contributed by atoms with Crippen LogP contribution in [0, 0.1) is 12.8 Å². The van der Waals surface area contributed by atoms with E-state index >= 15 is 0 Å². The van der Waals surface area contributed by atoms with E-state index < -0.39 is 0 Å². The molecule has 1 fully saturated rings. The molecule has 0 aliphatic heterocycles. The van der Waals surface area contributed by atoms with Crippen LogP contribution in [-0.2, 0) is 6.42 Å². The average Bonchev–Trinajstić information content (AvgIpc) is 3.35. The Balaban J connectivity index is 1.59. The minimum atomic E-state index is -0.177. The first-order chi connectivity index (χ1) is 10.7. The second kappa shape index (κ2) is 6.60. The van der Waals surface area contributed by atoms with E-state index in [0.29, 0.717) is 11.7 Å². The first-order valence-corrected chi connectivity index (χ1v) is 7.75. The quantitative estimate of drug-likeness (QED) is 0.886. The van der Waals surface area contributed by atoms with E-state index in [0.717, 1.165) is 12.0 Å². The molecule has 0 saturated heterocycles. The highest BCUT2D eigenvalue weighted by Gasteiger charge is 2.32. The number of carbonyl (C=O) groups is 1. The molecule has 2 amide bonds. The number of carbonyl (C=O) groups excluding carboxylic acids is 1. The largest absolute Gasteiger partial charge is 0.334 e. The smallest absolute Gasteiger partial charge is 0.320 e. The number of hydrogen-bond donors (Lipinski definition) is 2. The lowest BCUT2D eigenvalue weighted by molar-refractivity contribution is 0.246. The fourth-order valence-electron chi connectivity index (χ4n) is 2.56. The van der Waals surface area contributed by atoms with Gasteiger partial charge >= 0.3 is 6.03 Å². The fraction of sp³-hybridized carbons (Fsp3) is 0.333. The van der Waals surface area contributed by atoms with Crippen LogP contribution in [0.25, 0.3) is 0 Å². The van der Waals surface area contributed by atoms with Crippen LogP contribution in [0.1, 0.15) is 24.0 Å². The maximum atomic E-state index is 12.2. The molecule has 0 radical (unpaired) electrons. The van der Waals surface area contributed by atoms with Gasteiger partial charge in [0.25, 0.3) is 0 Å². The number of pyridine rings is 1. The highest BCUT2D eigenvalue weighted by atomic mass is 16.2. The Bertz CT molecular complexity index is 621. The number of anilines is 1. The van der Waals surface area contributed by atoms with Gasteiger partial charge in [0.15, 0.2) is 0 Å². The van der Waals surface area contributed by atoms with E-state index in [1.807, 2.05) is 37.3 Å². The molecule has 0 spiro atoms. The van der Waals surface area contributed by atoms with Crippen LogP contribution < -0.4 is 10.6 Å². The van der Waals surface area contributed by atoms with Gasteiger partial charge in [-0.25, -0.2) is 9.78 Å². The van der Waals surface area contributed by atoms with E-state index in [4.69, 9.17) is 0 Å². The number of amides is 2. The van der Waals surface area contributed by atoms with Crippen molar-refractivity contribution in [2.45, 2.75) is 32.2 Å². The first-order valence-electron chi connectivity index (χ1n) is 7.75. The molecule has 1 saturated carbocycles. The van der Waals surface area contributed by atoms with E-state index in [1.165, 1.54) is 18.4 Å². The van der Waals surface area contributed by atoms with Crippen LogP contribution >= 0.6 is 0 Å². The van der Waals surface area contributed by atoms with Gasteiger partial charge in [0.1, 0.15) is 5.82 Å². The molecule has 2 aromatic rings. The number of benzene rings is 1. The summed E-state index contributed by atoms with van der Waals surface area (Å²) < 4.78 is 0. The Labute approximate surface area is 131 Å². The lowest BCUT2D eigenvalue weighted by atomic mass is 10.0. The number of hydrogen-bond acceptors (Lipinski definition) is 2. The normalized spacial score (nSPS) is 15.1. The number of rotatable bonds is 5. The standard InChI is InChI=1S/C18H21N3O/c1-13-7-10-17(19-12-13)21-18(22)20-16(15-8-9-15)11-14-5-3-2-4-6-14/h2-7,10,12,15-16H,8-9,11H2,1H3,(H2,19,20,21,22). The zero-order valence-corrected chi connectivity index (χ0v) is 12.8. The van der Waals surface area contributed by atoms with Gasteiger partial charge in [0, 0.05) is 12.2 Å². The van der Waals surface area contributed by atoms with Crippen molar-refractivity contribution in [3.63, 3.8) is 0 Å². The first kappa shape index (κ1) is 14.6. The summed E-state index contributed by atoms with van der Waals surface area (Å²) in [7, 11) is 0. The highest BCUT2D eigenvalue weighted by Crippen LogP contribution is 2.34. The van der Waals surface area contributed by atoms with Gasteiger partial charge in [-0.15, -0.1) is 0 Å². The van der Waals surface area contributed by atoms with Gasteiger partial charge in [-0.1, -0.05) is 36.4 Å². The van der Waals surface area contributed by atoms with E-state index in [1.54, 1.807) is 6.20 Å². The maximum absolute atomic E-state index is 12.2. The van der Waals surface area contributed by atoms with Gasteiger partial charge in [-0.3, -0.25) is 5.32 Å². The van der Waals surface area contributed by atoms with Gasteiger partial charge in [0.2, 0.25) is 0 Å². The summed E-state index contributed by atoms with van der Waals surface area (Å²) in [6.45, 7) is 1.97. The van der Waals surface area contributed by atoms with Crippen LogP contribution in [-0.4, -0.2) is 17.1 Å². The molecule has 3 rings (SSSR count). The topological polar surface area (TPSA) is 54.0 Å². The van der Waals surface area contributed by atoms with Crippen LogP contribution in [0.2, 0.25) is 0 Å². The molecular formula is C18H21N3O. The van der Waals surface area contributed by atoms with Crippen molar-refractivity contribution in [3.8, 4) is 0 Å². The summed E-state index contributed by atoms with van der Waals surface area (Å²) >= 11 is 0. The second-order valence-electron chi connectivity index (χ2n) is 5.95. The van der Waals surface area contributed by atoms with Crippen molar-refractivity contribution in [3.05, 3.63) is 59.8 Å². The van der Waals surface area contributed by atoms with Gasteiger partial charge in [0.05, 0.1) is 0 Å². The molecular weight excluding hydrogens is 274 g/mol. The van der Waals surface area contributed by atoms with Crippen molar-refractivity contribution in [1.82, 2.24) is 10.3 Å². The molecule has 1 atom stereocenters. The molecule has 1 aromatic heterocycles. The number of nitrogens with one attached hydrogen (secondary N) is 2. The van der Waals surface area contributed by atoms with Crippen molar-refractivity contribution in [1.29, 1.82) is 0 Å². The minimum Gasteiger partial charge on any atom is -0.334 e. The number of urea groups is 1. The van der Waals surface area contributed by atoms with Crippen LogP contribution in [0.15, 0.2) is 48.7 Å². The molecule has 4 nitrogen and oxygen atoms in total. The molecule has 1 aliphatic rings. The number of aromatic nitrogens is 1. The summed E-state index contributed by atoms with van der Waals surface area (Å²) in [5.74, 6) is 1.18. The highest BCUT2D eigenvalue weighted by molar-refractivity contribution is 5.88. The summed E-state index contributed by atoms with van der Waals surface area (Å²) in [4.78, 5) is 16.4. The van der Waals surface area contributed by atoms with Crippen molar-refractivity contribution in [2.24, 2.45) is 5.92 Å². The minimum absolute atomic E-state index is 0.177. The SMILES string of the molecule is Cc1ccc(NC(=O)NC(Cc2ccccc2)C2CC2)nc1. The van der Waals surface area contributed by atoms with E-state index in [9.17, 15) is 4.79 Å². The lowest BCUT2D eigenvalue weighted by Crippen LogP contribution is -2.40. The Morgan fingerprint density at radius 2 is 2.00 bits per heavy atom. The summed E-state index contributed by atoms with van der Waals surface area (Å²) in [5, 5.41) is 5.91. The summed E-state index contributed by atoms with van der Waals surface area (Å²) in [5.41, 5.74) is 2.33. The third-order valence-electron chi connectivity index (χ3n) is 3.96. The molecule has 114 valence electrons. The third kappa shape index (κ3) is 4.07.